The van der Waals surface area contributed by atoms with Crippen molar-refractivity contribution >= 4 is 15.7 Å². The van der Waals surface area contributed by atoms with E-state index in [1.807, 2.05) is 0 Å². The normalized spacial score (nSPS) is 32.4. The molecular formula is C9H15NO3S. The lowest BCUT2D eigenvalue weighted by molar-refractivity contribution is -0.147. The molecule has 1 amide bonds. The van der Waals surface area contributed by atoms with Crippen LogP contribution in [0.5, 0.6) is 0 Å². The number of piperidine rings is 1. The predicted molar refractivity (Wildman–Crippen MR) is 52.6 cm³/mol. The van der Waals surface area contributed by atoms with E-state index in [4.69, 9.17) is 0 Å². The molecule has 2 saturated heterocycles. The third kappa shape index (κ3) is 1.26. The van der Waals surface area contributed by atoms with Gasteiger partial charge in [-0.05, 0) is 19.3 Å². The molecule has 4 nitrogen and oxygen atoms in total. The van der Waals surface area contributed by atoms with E-state index in [1.54, 1.807) is 11.8 Å². The number of amides is 1. The summed E-state index contributed by atoms with van der Waals surface area (Å²) in [5, 5.41) is -0.715. The first-order valence-electron chi connectivity index (χ1n) is 5.10. The number of carbonyl (C=O) groups excluding carboxylic acids is 1. The lowest BCUT2D eigenvalue weighted by atomic mass is 9.91. The standard InChI is InChI=1S/C9H15NO3S/c1-2-14(12,13)8-7-5-3-4-6-10(7)9(8)11/h7-8H,2-6H2,1H3/t7-,8-/m1/s1. The van der Waals surface area contributed by atoms with Crippen molar-refractivity contribution in [2.24, 2.45) is 0 Å². The largest absolute Gasteiger partial charge is 0.337 e. The fraction of sp³-hybridized carbons (Fsp3) is 0.889. The van der Waals surface area contributed by atoms with Gasteiger partial charge in [-0.25, -0.2) is 8.42 Å². The smallest absolute Gasteiger partial charge is 0.243 e. The molecule has 0 bridgehead atoms. The molecule has 0 aliphatic carbocycles. The molecule has 0 unspecified atom stereocenters. The van der Waals surface area contributed by atoms with Crippen LogP contribution in [0.25, 0.3) is 0 Å². The van der Waals surface area contributed by atoms with Gasteiger partial charge >= 0.3 is 0 Å². The van der Waals surface area contributed by atoms with Crippen LogP contribution in [0.2, 0.25) is 0 Å². The summed E-state index contributed by atoms with van der Waals surface area (Å²) in [7, 11) is -3.17. The molecule has 5 heteroatoms. The van der Waals surface area contributed by atoms with E-state index in [1.165, 1.54) is 0 Å². The van der Waals surface area contributed by atoms with Crippen LogP contribution in [0.15, 0.2) is 0 Å². The molecule has 80 valence electrons. The van der Waals surface area contributed by atoms with E-state index in [9.17, 15) is 13.2 Å². The highest BCUT2D eigenvalue weighted by Gasteiger charge is 2.53. The Kier molecular flexibility index (Phi) is 2.29. The summed E-state index contributed by atoms with van der Waals surface area (Å²) < 4.78 is 23.2. The zero-order valence-corrected chi connectivity index (χ0v) is 9.09. The van der Waals surface area contributed by atoms with Gasteiger partial charge in [0.2, 0.25) is 5.91 Å². The highest BCUT2D eigenvalue weighted by Crippen LogP contribution is 2.33. The fourth-order valence-corrected chi connectivity index (χ4v) is 3.93. The summed E-state index contributed by atoms with van der Waals surface area (Å²) in [6.07, 6.45) is 2.92. The van der Waals surface area contributed by atoms with Crippen LogP contribution in [-0.2, 0) is 14.6 Å². The van der Waals surface area contributed by atoms with Gasteiger partial charge in [-0.1, -0.05) is 6.92 Å². The van der Waals surface area contributed by atoms with E-state index in [-0.39, 0.29) is 17.7 Å². The first-order valence-corrected chi connectivity index (χ1v) is 6.81. The van der Waals surface area contributed by atoms with Gasteiger partial charge in [-0.15, -0.1) is 0 Å². The molecule has 2 heterocycles. The zero-order valence-electron chi connectivity index (χ0n) is 8.27. The number of hydrogen-bond acceptors (Lipinski definition) is 3. The van der Waals surface area contributed by atoms with E-state index in [2.05, 4.69) is 0 Å². The molecule has 14 heavy (non-hydrogen) atoms. The summed E-state index contributed by atoms with van der Waals surface area (Å²) >= 11 is 0. The average Bonchev–Trinajstić information content (AvgIpc) is 2.17. The summed E-state index contributed by atoms with van der Waals surface area (Å²) in [6, 6.07) is -0.0128. The molecular weight excluding hydrogens is 202 g/mol. The second-order valence-corrected chi connectivity index (χ2v) is 6.38. The van der Waals surface area contributed by atoms with Gasteiger partial charge in [0.1, 0.15) is 0 Å². The van der Waals surface area contributed by atoms with Crippen LogP contribution in [0, 0.1) is 0 Å². The fourth-order valence-electron chi connectivity index (χ4n) is 2.36. The minimum Gasteiger partial charge on any atom is -0.337 e. The van der Waals surface area contributed by atoms with Crippen molar-refractivity contribution in [3.63, 3.8) is 0 Å². The van der Waals surface area contributed by atoms with Gasteiger partial charge in [-0.3, -0.25) is 4.79 Å². The summed E-state index contributed by atoms with van der Waals surface area (Å²) in [6.45, 7) is 2.35. The zero-order chi connectivity index (χ0) is 10.3. The van der Waals surface area contributed by atoms with Crippen LogP contribution in [0.4, 0.5) is 0 Å². The van der Waals surface area contributed by atoms with Gasteiger partial charge in [0.05, 0.1) is 6.04 Å². The molecule has 0 N–H and O–H groups in total. The molecule has 2 fully saturated rings. The molecule has 0 radical (unpaired) electrons. The second-order valence-electron chi connectivity index (χ2n) is 3.97. The number of nitrogens with zero attached hydrogens (tertiary/aromatic N) is 1. The van der Waals surface area contributed by atoms with Crippen molar-refractivity contribution in [2.75, 3.05) is 12.3 Å². The molecule has 0 aromatic heterocycles. The Bertz CT molecular complexity index is 349. The minimum atomic E-state index is -3.17. The summed E-state index contributed by atoms with van der Waals surface area (Å²) in [5.74, 6) is -0.0927. The van der Waals surface area contributed by atoms with Gasteiger partial charge in [0, 0.05) is 12.3 Å². The minimum absolute atomic E-state index is 0.0128. The van der Waals surface area contributed by atoms with Crippen LogP contribution in [-0.4, -0.2) is 42.8 Å². The topological polar surface area (TPSA) is 54.5 Å². The third-order valence-corrected chi connectivity index (χ3v) is 5.31. The van der Waals surface area contributed by atoms with Crippen LogP contribution in [0.1, 0.15) is 26.2 Å². The second kappa shape index (κ2) is 3.22. The molecule has 0 aromatic carbocycles. The lowest BCUT2D eigenvalue weighted by Gasteiger charge is -2.49. The van der Waals surface area contributed by atoms with Crippen LogP contribution < -0.4 is 0 Å². The van der Waals surface area contributed by atoms with Gasteiger partial charge in [0.25, 0.3) is 0 Å². The maximum Gasteiger partial charge on any atom is 0.243 e. The monoisotopic (exact) mass is 217 g/mol. The molecule has 2 aliphatic heterocycles. The van der Waals surface area contributed by atoms with E-state index >= 15 is 0 Å². The molecule has 0 aromatic rings. The number of sulfone groups is 1. The Labute approximate surface area is 84.2 Å². The number of rotatable bonds is 2. The summed E-state index contributed by atoms with van der Waals surface area (Å²) in [4.78, 5) is 13.3. The van der Waals surface area contributed by atoms with Crippen molar-refractivity contribution in [3.05, 3.63) is 0 Å². The third-order valence-electron chi connectivity index (χ3n) is 3.21. The van der Waals surface area contributed by atoms with Gasteiger partial charge in [-0.2, -0.15) is 0 Å². The van der Waals surface area contributed by atoms with E-state index < -0.39 is 15.1 Å². The molecule has 2 rings (SSSR count). The Morgan fingerprint density at radius 3 is 2.79 bits per heavy atom. The molecule has 0 saturated carbocycles. The highest BCUT2D eigenvalue weighted by atomic mass is 32.2. The first-order chi connectivity index (χ1) is 6.58. The van der Waals surface area contributed by atoms with Gasteiger partial charge in [0.15, 0.2) is 15.1 Å². The lowest BCUT2D eigenvalue weighted by Crippen LogP contribution is -2.68. The van der Waals surface area contributed by atoms with Gasteiger partial charge < -0.3 is 4.90 Å². The number of carbonyl (C=O) groups is 1. The maximum atomic E-state index is 11.6. The van der Waals surface area contributed by atoms with Crippen LogP contribution >= 0.6 is 0 Å². The Morgan fingerprint density at radius 1 is 1.43 bits per heavy atom. The highest BCUT2D eigenvalue weighted by molar-refractivity contribution is 7.92. The Morgan fingerprint density at radius 2 is 2.14 bits per heavy atom. The summed E-state index contributed by atoms with van der Waals surface area (Å²) in [5.41, 5.74) is 0. The van der Waals surface area contributed by atoms with E-state index in [0.717, 1.165) is 25.8 Å². The SMILES string of the molecule is CCS(=O)(=O)[C@H]1C(=O)N2CCCC[C@H]12. The van der Waals surface area contributed by atoms with Crippen LogP contribution in [0.3, 0.4) is 0 Å². The Balaban J connectivity index is 2.19. The average molecular weight is 217 g/mol. The van der Waals surface area contributed by atoms with Crippen molar-refractivity contribution in [1.82, 2.24) is 4.90 Å². The predicted octanol–water partition coefficient (Wildman–Crippen LogP) is 0.184. The van der Waals surface area contributed by atoms with Crippen molar-refractivity contribution < 1.29 is 13.2 Å². The number of fused-ring (bicyclic) bond motifs is 1. The quantitative estimate of drug-likeness (QED) is 0.620. The molecule has 0 spiro atoms. The number of β-lactam (4-membered cyclic amide) rings is 1. The number of hydrogen-bond donors (Lipinski definition) is 0. The first kappa shape index (κ1) is 9.96. The van der Waals surface area contributed by atoms with E-state index in [0.29, 0.717) is 0 Å². The van der Waals surface area contributed by atoms with Crippen molar-refractivity contribution in [2.45, 2.75) is 37.5 Å². The van der Waals surface area contributed by atoms with Crippen molar-refractivity contribution in [1.29, 1.82) is 0 Å². The molecule has 2 aliphatic rings. The van der Waals surface area contributed by atoms with Crippen molar-refractivity contribution in [3.8, 4) is 0 Å². The Hall–Kier alpha value is -0.580. The maximum absolute atomic E-state index is 11.6. The molecule has 2 atom stereocenters.